The van der Waals surface area contributed by atoms with Crippen molar-refractivity contribution in [3.8, 4) is 11.6 Å². The van der Waals surface area contributed by atoms with Crippen LogP contribution >= 0.6 is 11.6 Å². The molecule has 0 unspecified atom stereocenters. The molecule has 1 aromatic heterocycles. The Morgan fingerprint density at radius 1 is 1.22 bits per heavy atom. The molecule has 0 aliphatic carbocycles. The number of pyridine rings is 1. The molecular formula is C13H10ClF2NO. The first-order chi connectivity index (χ1) is 8.60. The summed E-state index contributed by atoms with van der Waals surface area (Å²) in [5, 5.41) is 0. The van der Waals surface area contributed by atoms with Crippen molar-refractivity contribution in [2.24, 2.45) is 0 Å². The number of ether oxygens (including phenoxy) is 1. The molecule has 0 aliphatic rings. The molecule has 0 amide bonds. The number of hydrogen-bond donors (Lipinski definition) is 0. The molecule has 0 fully saturated rings. The van der Waals surface area contributed by atoms with Gasteiger partial charge in [-0.25, -0.2) is 13.8 Å². The van der Waals surface area contributed by atoms with Crippen molar-refractivity contribution in [1.82, 2.24) is 4.98 Å². The lowest BCUT2D eigenvalue weighted by atomic mass is 10.2. The zero-order valence-corrected chi connectivity index (χ0v) is 10.3. The molecule has 94 valence electrons. The van der Waals surface area contributed by atoms with Crippen LogP contribution in [0.25, 0.3) is 0 Å². The highest BCUT2D eigenvalue weighted by Crippen LogP contribution is 2.24. The minimum Gasteiger partial charge on any atom is -0.436 e. The molecule has 0 saturated carbocycles. The molecule has 18 heavy (non-hydrogen) atoms. The van der Waals surface area contributed by atoms with Crippen molar-refractivity contribution < 1.29 is 13.5 Å². The van der Waals surface area contributed by atoms with Crippen LogP contribution in [0.1, 0.15) is 11.3 Å². The van der Waals surface area contributed by atoms with E-state index in [1.807, 2.05) is 0 Å². The van der Waals surface area contributed by atoms with Crippen molar-refractivity contribution in [3.05, 3.63) is 53.2 Å². The van der Waals surface area contributed by atoms with E-state index in [9.17, 15) is 8.78 Å². The van der Waals surface area contributed by atoms with Gasteiger partial charge in [0.1, 0.15) is 5.82 Å². The van der Waals surface area contributed by atoms with E-state index in [-0.39, 0.29) is 11.6 Å². The lowest BCUT2D eigenvalue weighted by molar-refractivity contribution is 0.421. The number of aryl methyl sites for hydroxylation is 1. The molecule has 0 aliphatic heterocycles. The molecule has 0 atom stereocenters. The first-order valence-electron chi connectivity index (χ1n) is 5.25. The third-order valence-corrected chi connectivity index (χ3v) is 2.71. The SMILES string of the molecule is Cc1nc(Oc2cc(F)ccc2F)ccc1CCl. The van der Waals surface area contributed by atoms with Crippen molar-refractivity contribution in [3.63, 3.8) is 0 Å². The second-order valence-electron chi connectivity index (χ2n) is 3.70. The Morgan fingerprint density at radius 3 is 2.67 bits per heavy atom. The number of hydrogen-bond acceptors (Lipinski definition) is 2. The zero-order chi connectivity index (χ0) is 13.1. The smallest absolute Gasteiger partial charge is 0.219 e. The zero-order valence-electron chi connectivity index (χ0n) is 9.58. The van der Waals surface area contributed by atoms with E-state index in [0.717, 1.165) is 23.8 Å². The average molecular weight is 270 g/mol. The van der Waals surface area contributed by atoms with E-state index in [1.54, 1.807) is 19.1 Å². The second-order valence-corrected chi connectivity index (χ2v) is 3.97. The predicted octanol–water partition coefficient (Wildman–Crippen LogP) is 4.20. The molecule has 1 heterocycles. The van der Waals surface area contributed by atoms with Gasteiger partial charge in [-0.15, -0.1) is 11.6 Å². The maximum absolute atomic E-state index is 13.4. The molecule has 2 aromatic rings. The van der Waals surface area contributed by atoms with E-state index < -0.39 is 11.6 Å². The maximum Gasteiger partial charge on any atom is 0.219 e. The van der Waals surface area contributed by atoms with Gasteiger partial charge in [0.2, 0.25) is 5.88 Å². The fourth-order valence-corrected chi connectivity index (χ4v) is 1.72. The maximum atomic E-state index is 13.4. The number of benzene rings is 1. The largest absolute Gasteiger partial charge is 0.436 e. The highest BCUT2D eigenvalue weighted by atomic mass is 35.5. The summed E-state index contributed by atoms with van der Waals surface area (Å²) in [5.41, 5.74) is 1.56. The third kappa shape index (κ3) is 2.76. The molecule has 0 spiro atoms. The summed E-state index contributed by atoms with van der Waals surface area (Å²) < 4.78 is 31.5. The summed E-state index contributed by atoms with van der Waals surface area (Å²) in [6.07, 6.45) is 0. The second kappa shape index (κ2) is 5.31. The lowest BCUT2D eigenvalue weighted by Gasteiger charge is -2.08. The molecule has 2 nitrogen and oxygen atoms in total. The minimum absolute atomic E-state index is 0.194. The fraction of sp³-hybridized carbons (Fsp3) is 0.154. The van der Waals surface area contributed by atoms with Crippen LogP contribution in [0.3, 0.4) is 0 Å². The van der Waals surface area contributed by atoms with E-state index in [1.165, 1.54) is 0 Å². The Labute approximate surface area is 108 Å². The highest BCUT2D eigenvalue weighted by Gasteiger charge is 2.08. The minimum atomic E-state index is -0.641. The summed E-state index contributed by atoms with van der Waals surface area (Å²) >= 11 is 5.70. The monoisotopic (exact) mass is 269 g/mol. The van der Waals surface area contributed by atoms with Crippen LogP contribution in [-0.2, 0) is 5.88 Å². The van der Waals surface area contributed by atoms with Crippen LogP contribution in [0.2, 0.25) is 0 Å². The van der Waals surface area contributed by atoms with Crippen molar-refractivity contribution in [2.45, 2.75) is 12.8 Å². The van der Waals surface area contributed by atoms with Crippen molar-refractivity contribution in [1.29, 1.82) is 0 Å². The Kier molecular flexibility index (Phi) is 3.77. The third-order valence-electron chi connectivity index (χ3n) is 2.42. The number of rotatable bonds is 3. The van der Waals surface area contributed by atoms with E-state index in [4.69, 9.17) is 16.3 Å². The number of halogens is 3. The van der Waals surface area contributed by atoms with E-state index in [2.05, 4.69) is 4.98 Å². The average Bonchev–Trinajstić information content (AvgIpc) is 2.34. The lowest BCUT2D eigenvalue weighted by Crippen LogP contribution is -1.95. The van der Waals surface area contributed by atoms with Gasteiger partial charge >= 0.3 is 0 Å². The van der Waals surface area contributed by atoms with Crippen molar-refractivity contribution in [2.75, 3.05) is 0 Å². The van der Waals surface area contributed by atoms with Gasteiger partial charge in [0.15, 0.2) is 11.6 Å². The summed E-state index contributed by atoms with van der Waals surface area (Å²) in [5.74, 6) is -0.864. The highest BCUT2D eigenvalue weighted by molar-refractivity contribution is 6.17. The van der Waals surface area contributed by atoms with E-state index in [0.29, 0.717) is 11.6 Å². The Balaban J connectivity index is 2.28. The van der Waals surface area contributed by atoms with Gasteiger partial charge in [-0.1, -0.05) is 6.07 Å². The topological polar surface area (TPSA) is 22.1 Å². The van der Waals surface area contributed by atoms with Gasteiger partial charge in [0, 0.05) is 23.7 Å². The van der Waals surface area contributed by atoms with Crippen LogP contribution in [0.4, 0.5) is 8.78 Å². The van der Waals surface area contributed by atoms with Crippen LogP contribution in [0.15, 0.2) is 30.3 Å². The van der Waals surface area contributed by atoms with Gasteiger partial charge in [0.05, 0.1) is 0 Å². The molecular weight excluding hydrogens is 260 g/mol. The Hall–Kier alpha value is -1.68. The quantitative estimate of drug-likeness (QED) is 0.779. The van der Waals surface area contributed by atoms with Gasteiger partial charge in [-0.05, 0) is 24.6 Å². The first kappa shape index (κ1) is 12.8. The summed E-state index contributed by atoms with van der Waals surface area (Å²) in [6.45, 7) is 1.77. The fourth-order valence-electron chi connectivity index (χ4n) is 1.43. The molecule has 1 aromatic carbocycles. The van der Waals surface area contributed by atoms with E-state index >= 15 is 0 Å². The van der Waals surface area contributed by atoms with Gasteiger partial charge < -0.3 is 4.74 Å². The van der Waals surface area contributed by atoms with Crippen LogP contribution in [0.5, 0.6) is 11.6 Å². The predicted molar refractivity (Wildman–Crippen MR) is 65.0 cm³/mol. The van der Waals surface area contributed by atoms with Crippen LogP contribution in [0, 0.1) is 18.6 Å². The normalized spacial score (nSPS) is 10.4. The number of nitrogens with zero attached hydrogens (tertiary/aromatic N) is 1. The first-order valence-corrected chi connectivity index (χ1v) is 5.79. The standard InChI is InChI=1S/C13H10ClF2NO/c1-8-9(7-14)2-5-13(17-8)18-12-6-10(15)3-4-11(12)16/h2-6H,7H2,1H3. The Bertz CT molecular complexity index is 575. The van der Waals surface area contributed by atoms with Crippen LogP contribution in [-0.4, -0.2) is 4.98 Å². The van der Waals surface area contributed by atoms with Gasteiger partial charge in [-0.3, -0.25) is 0 Å². The summed E-state index contributed by atoms with van der Waals surface area (Å²) in [6, 6.07) is 6.31. The van der Waals surface area contributed by atoms with Crippen LogP contribution < -0.4 is 4.74 Å². The molecule has 2 rings (SSSR count). The van der Waals surface area contributed by atoms with Gasteiger partial charge in [-0.2, -0.15) is 0 Å². The number of alkyl halides is 1. The molecule has 5 heteroatoms. The summed E-state index contributed by atoms with van der Waals surface area (Å²) in [7, 11) is 0. The summed E-state index contributed by atoms with van der Waals surface area (Å²) in [4.78, 5) is 4.11. The number of aromatic nitrogens is 1. The van der Waals surface area contributed by atoms with Gasteiger partial charge in [0.25, 0.3) is 0 Å². The molecule has 0 saturated heterocycles. The molecule has 0 radical (unpaired) electrons. The molecule has 0 bridgehead atoms. The molecule has 0 N–H and O–H groups in total. The Morgan fingerprint density at radius 2 is 2.00 bits per heavy atom. The van der Waals surface area contributed by atoms with Crippen molar-refractivity contribution >= 4 is 11.6 Å².